The highest BCUT2D eigenvalue weighted by Crippen LogP contribution is 2.14. The number of hydrogen-bond acceptors (Lipinski definition) is 8. The van der Waals surface area contributed by atoms with Gasteiger partial charge in [0.1, 0.15) is 11.5 Å². The highest BCUT2D eigenvalue weighted by molar-refractivity contribution is 5.80. The third kappa shape index (κ3) is 7.62. The predicted octanol–water partition coefficient (Wildman–Crippen LogP) is 5.12. The molecule has 0 aliphatic carbocycles. The molecule has 210 valence electrons. The van der Waals surface area contributed by atoms with E-state index in [4.69, 9.17) is 9.47 Å². The van der Waals surface area contributed by atoms with Crippen LogP contribution in [0.2, 0.25) is 0 Å². The molecule has 0 saturated carbocycles. The van der Waals surface area contributed by atoms with E-state index in [1.807, 2.05) is 98.0 Å². The lowest BCUT2D eigenvalue weighted by atomic mass is 10.2. The fourth-order valence-corrected chi connectivity index (χ4v) is 3.98. The van der Waals surface area contributed by atoms with Crippen LogP contribution in [0.25, 0.3) is 0 Å². The van der Waals surface area contributed by atoms with Crippen molar-refractivity contribution in [3.8, 4) is 11.5 Å². The average molecular weight is 543 g/mol. The second kappa shape index (κ2) is 14.7. The summed E-state index contributed by atoms with van der Waals surface area (Å²) in [6, 6.07) is 15.8. The summed E-state index contributed by atoms with van der Waals surface area (Å²) in [5.41, 5.74) is 1.98. The van der Waals surface area contributed by atoms with Gasteiger partial charge < -0.3 is 9.47 Å². The second-order valence-electron chi connectivity index (χ2n) is 9.13. The lowest BCUT2D eigenvalue weighted by Crippen LogP contribution is -2.03. The monoisotopic (exact) mass is 542 g/mol. The minimum absolute atomic E-state index is 0.634. The van der Waals surface area contributed by atoms with Crippen LogP contribution in [0.1, 0.15) is 75.0 Å². The van der Waals surface area contributed by atoms with E-state index in [1.165, 1.54) is 0 Å². The molecule has 0 saturated heterocycles. The highest BCUT2D eigenvalue weighted by Gasteiger charge is 2.08. The molecule has 0 aliphatic heterocycles. The maximum absolute atomic E-state index is 5.89. The molecule has 0 unspecified atom stereocenters. The Morgan fingerprint density at radius 2 is 0.875 bits per heavy atom. The normalized spacial score (nSPS) is 11.6. The van der Waals surface area contributed by atoms with Gasteiger partial charge in [0.25, 0.3) is 0 Å². The van der Waals surface area contributed by atoms with Crippen LogP contribution >= 0.6 is 0 Å². The van der Waals surface area contributed by atoms with Gasteiger partial charge in [0, 0.05) is 25.7 Å². The Morgan fingerprint density at radius 3 is 1.18 bits per heavy atom. The largest absolute Gasteiger partial charge is 0.494 e. The first-order valence-electron chi connectivity index (χ1n) is 14.1. The third-order valence-electron chi connectivity index (χ3n) is 6.29. The van der Waals surface area contributed by atoms with Crippen LogP contribution in [0.15, 0.2) is 58.7 Å². The van der Waals surface area contributed by atoms with Gasteiger partial charge in [0.2, 0.25) is 0 Å². The van der Waals surface area contributed by atoms with E-state index < -0.39 is 0 Å². The number of unbranched alkanes of at least 4 members (excludes halogenated alkanes) is 1. The average Bonchev–Trinajstić information content (AvgIpc) is 3.60. The molecule has 0 atom stereocenters. The molecule has 0 aliphatic rings. The van der Waals surface area contributed by atoms with Crippen molar-refractivity contribution in [2.24, 2.45) is 10.2 Å². The van der Waals surface area contributed by atoms with E-state index in [0.29, 0.717) is 13.2 Å². The minimum Gasteiger partial charge on any atom is -0.494 e. The Morgan fingerprint density at radius 1 is 0.550 bits per heavy atom. The van der Waals surface area contributed by atoms with Gasteiger partial charge in [0.05, 0.1) is 25.6 Å². The molecule has 4 aromatic rings. The standard InChI is InChI=1S/C30H38N8O2/c1-5-27-33-34-28(6-2)37(27)31-21-23-11-15-25(16-12-23)39-19-9-10-20-40-26-17-13-24(14-18-26)22-32-38-29(7-3)35-36-30(38)8-4/h11-18,21-22H,5-10,19-20H2,1-4H3/b31-21+,32-22+. The van der Waals surface area contributed by atoms with Crippen LogP contribution in [0.4, 0.5) is 0 Å². The first-order chi connectivity index (χ1) is 19.6. The molecule has 0 N–H and O–H groups in total. The number of nitrogens with zero attached hydrogens (tertiary/aromatic N) is 8. The number of aryl methyl sites for hydroxylation is 4. The van der Waals surface area contributed by atoms with Gasteiger partial charge in [-0.2, -0.15) is 10.2 Å². The molecule has 0 bridgehead atoms. The summed E-state index contributed by atoms with van der Waals surface area (Å²) >= 11 is 0. The summed E-state index contributed by atoms with van der Waals surface area (Å²) in [4.78, 5) is 0. The van der Waals surface area contributed by atoms with Gasteiger partial charge >= 0.3 is 0 Å². The van der Waals surface area contributed by atoms with E-state index in [1.54, 1.807) is 0 Å². The fraction of sp³-hybridized carbons (Fsp3) is 0.400. The van der Waals surface area contributed by atoms with Gasteiger partial charge in [-0.05, 0) is 72.5 Å². The van der Waals surface area contributed by atoms with Gasteiger partial charge in [-0.25, -0.2) is 9.35 Å². The van der Waals surface area contributed by atoms with Crippen molar-refractivity contribution >= 4 is 12.4 Å². The van der Waals surface area contributed by atoms with E-state index in [-0.39, 0.29) is 0 Å². The van der Waals surface area contributed by atoms with E-state index >= 15 is 0 Å². The van der Waals surface area contributed by atoms with Crippen LogP contribution in [0.3, 0.4) is 0 Å². The Balaban J connectivity index is 1.16. The van der Waals surface area contributed by atoms with Crippen molar-refractivity contribution < 1.29 is 9.47 Å². The van der Waals surface area contributed by atoms with Crippen LogP contribution in [0, 0.1) is 0 Å². The Labute approximate surface area is 235 Å². The second-order valence-corrected chi connectivity index (χ2v) is 9.13. The number of aromatic nitrogens is 6. The summed E-state index contributed by atoms with van der Waals surface area (Å²) in [6.07, 6.45) is 8.60. The summed E-state index contributed by atoms with van der Waals surface area (Å²) in [5, 5.41) is 25.9. The van der Waals surface area contributed by atoms with Gasteiger partial charge in [-0.1, -0.05) is 27.7 Å². The fourth-order valence-electron chi connectivity index (χ4n) is 3.98. The molecule has 0 fully saturated rings. The zero-order chi connectivity index (χ0) is 28.2. The minimum atomic E-state index is 0.634. The molecular weight excluding hydrogens is 504 g/mol. The van der Waals surface area contributed by atoms with Crippen LogP contribution < -0.4 is 9.47 Å². The molecule has 40 heavy (non-hydrogen) atoms. The Bertz CT molecular complexity index is 1240. The van der Waals surface area contributed by atoms with Crippen molar-refractivity contribution in [2.45, 2.75) is 66.2 Å². The number of ether oxygens (including phenoxy) is 2. The maximum atomic E-state index is 5.89. The zero-order valence-corrected chi connectivity index (χ0v) is 23.8. The number of hydrogen-bond donors (Lipinski definition) is 0. The molecule has 4 rings (SSSR count). The van der Waals surface area contributed by atoms with Crippen molar-refractivity contribution in [1.82, 2.24) is 29.7 Å². The number of benzene rings is 2. The molecule has 0 radical (unpaired) electrons. The molecule has 10 nitrogen and oxygen atoms in total. The van der Waals surface area contributed by atoms with E-state index in [9.17, 15) is 0 Å². The Kier molecular flexibility index (Phi) is 10.5. The topological polar surface area (TPSA) is 105 Å². The summed E-state index contributed by atoms with van der Waals surface area (Å²) in [7, 11) is 0. The predicted molar refractivity (Wildman–Crippen MR) is 157 cm³/mol. The van der Waals surface area contributed by atoms with E-state index in [2.05, 4.69) is 30.6 Å². The zero-order valence-electron chi connectivity index (χ0n) is 23.8. The molecule has 0 amide bonds. The molecular formula is C30H38N8O2. The molecule has 0 spiro atoms. The quantitative estimate of drug-likeness (QED) is 0.153. The van der Waals surface area contributed by atoms with Crippen molar-refractivity contribution in [3.05, 3.63) is 83.0 Å². The lowest BCUT2D eigenvalue weighted by Gasteiger charge is -2.08. The highest BCUT2D eigenvalue weighted by atomic mass is 16.5. The van der Waals surface area contributed by atoms with Crippen LogP contribution in [-0.2, 0) is 25.7 Å². The van der Waals surface area contributed by atoms with Crippen LogP contribution in [-0.4, -0.2) is 55.4 Å². The van der Waals surface area contributed by atoms with Gasteiger partial charge in [0.15, 0.2) is 23.3 Å². The first kappa shape index (κ1) is 28.7. The maximum Gasteiger partial charge on any atom is 0.154 e. The van der Waals surface area contributed by atoms with Gasteiger partial charge in [-0.15, -0.1) is 20.4 Å². The summed E-state index contributed by atoms with van der Waals surface area (Å²) < 4.78 is 15.4. The smallest absolute Gasteiger partial charge is 0.154 e. The molecule has 2 aromatic heterocycles. The lowest BCUT2D eigenvalue weighted by molar-refractivity contribution is 0.266. The van der Waals surface area contributed by atoms with Crippen molar-refractivity contribution in [1.29, 1.82) is 0 Å². The summed E-state index contributed by atoms with van der Waals surface area (Å²) in [6.45, 7) is 9.47. The Hall–Kier alpha value is -4.34. The van der Waals surface area contributed by atoms with E-state index in [0.717, 1.165) is 84.4 Å². The third-order valence-corrected chi connectivity index (χ3v) is 6.29. The van der Waals surface area contributed by atoms with Crippen LogP contribution in [0.5, 0.6) is 11.5 Å². The molecule has 2 heterocycles. The molecule has 2 aromatic carbocycles. The SMILES string of the molecule is CCc1nnc(CC)n1/N=C/c1ccc(OCCCCOc2ccc(/C=N/n3c(CC)nnc3CC)cc2)cc1. The van der Waals surface area contributed by atoms with Crippen molar-refractivity contribution in [2.75, 3.05) is 13.2 Å². The van der Waals surface area contributed by atoms with Crippen molar-refractivity contribution in [3.63, 3.8) is 0 Å². The summed E-state index contributed by atoms with van der Waals surface area (Å²) in [5.74, 6) is 5.12. The first-order valence-corrected chi connectivity index (χ1v) is 14.1. The number of rotatable bonds is 15. The molecule has 10 heteroatoms. The van der Waals surface area contributed by atoms with Gasteiger partial charge in [-0.3, -0.25) is 0 Å².